The Labute approximate surface area is 121 Å². The van der Waals surface area contributed by atoms with Crippen molar-refractivity contribution in [2.45, 2.75) is 12.0 Å². The highest BCUT2D eigenvalue weighted by atomic mass is 16.5. The Kier molecular flexibility index (Phi) is 2.26. The van der Waals surface area contributed by atoms with Crippen molar-refractivity contribution >= 4 is 23.2 Å². The van der Waals surface area contributed by atoms with Gasteiger partial charge < -0.3 is 0 Å². The lowest BCUT2D eigenvalue weighted by Crippen LogP contribution is -2.71. The van der Waals surface area contributed by atoms with Crippen LogP contribution in [0.5, 0.6) is 0 Å². The van der Waals surface area contributed by atoms with E-state index in [9.17, 15) is 14.8 Å². The van der Waals surface area contributed by atoms with Gasteiger partial charge in [-0.15, -0.1) is 0 Å². The monoisotopic (exact) mass is 280 g/mol. The third-order valence-corrected chi connectivity index (χ3v) is 4.19. The fourth-order valence-corrected chi connectivity index (χ4v) is 3.20. The molecular weight excluding hydrogens is 268 g/mol. The van der Waals surface area contributed by atoms with Crippen LogP contribution in [0, 0.1) is 0 Å². The molecule has 2 aromatic carbocycles. The molecule has 2 aliphatic rings. The van der Waals surface area contributed by atoms with Crippen molar-refractivity contribution in [2.24, 2.45) is 0 Å². The Balaban J connectivity index is 1.98. The number of benzene rings is 2. The van der Waals surface area contributed by atoms with Crippen molar-refractivity contribution in [3.63, 3.8) is 0 Å². The Hall–Kier alpha value is -2.66. The van der Waals surface area contributed by atoms with Crippen LogP contribution in [0.4, 0.5) is 11.4 Å². The second kappa shape index (κ2) is 3.93. The normalized spacial score (nSPS) is 23.5. The van der Waals surface area contributed by atoms with Gasteiger partial charge in [-0.1, -0.05) is 42.5 Å². The summed E-state index contributed by atoms with van der Waals surface area (Å²) in [7, 11) is 0. The van der Waals surface area contributed by atoms with Crippen LogP contribution in [0.2, 0.25) is 0 Å². The summed E-state index contributed by atoms with van der Waals surface area (Å²) in [5.74, 6) is -0.611. The molecule has 0 saturated carbocycles. The van der Waals surface area contributed by atoms with Crippen molar-refractivity contribution in [1.82, 2.24) is 0 Å². The average molecular weight is 280 g/mol. The Morgan fingerprint density at radius 1 is 0.905 bits per heavy atom. The molecule has 1 fully saturated rings. The first kappa shape index (κ1) is 12.1. The second-order valence-electron chi connectivity index (χ2n) is 5.24. The van der Waals surface area contributed by atoms with Crippen molar-refractivity contribution in [2.75, 3.05) is 9.96 Å². The largest absolute Gasteiger partial charge is 0.290 e. The first-order valence-corrected chi connectivity index (χ1v) is 6.67. The van der Waals surface area contributed by atoms with Crippen LogP contribution in [-0.2, 0) is 15.1 Å². The number of hydrogen-bond donors (Lipinski definition) is 1. The van der Waals surface area contributed by atoms with Crippen LogP contribution >= 0.6 is 0 Å². The quantitative estimate of drug-likeness (QED) is 0.642. The minimum absolute atomic E-state index is 0.0707. The van der Waals surface area contributed by atoms with Gasteiger partial charge in [0.2, 0.25) is 5.91 Å². The summed E-state index contributed by atoms with van der Waals surface area (Å²) < 4.78 is 0. The first-order chi connectivity index (χ1) is 10.2. The molecule has 1 atom stereocenters. The molecule has 1 unspecified atom stereocenters. The fourth-order valence-electron chi connectivity index (χ4n) is 3.20. The van der Waals surface area contributed by atoms with Crippen LogP contribution < -0.4 is 9.96 Å². The summed E-state index contributed by atoms with van der Waals surface area (Å²) in [5.41, 5.74) is 0.478. The second-order valence-corrected chi connectivity index (χ2v) is 5.24. The van der Waals surface area contributed by atoms with Gasteiger partial charge in [-0.05, 0) is 17.7 Å². The van der Waals surface area contributed by atoms with Crippen LogP contribution in [0.25, 0.3) is 0 Å². The molecular formula is C16H12N2O3. The van der Waals surface area contributed by atoms with E-state index in [0.717, 1.165) is 0 Å². The minimum atomic E-state index is -1.12. The highest BCUT2D eigenvalue weighted by Crippen LogP contribution is 2.52. The maximum Gasteiger partial charge on any atom is 0.282 e. The van der Waals surface area contributed by atoms with E-state index in [1.165, 1.54) is 4.90 Å². The van der Waals surface area contributed by atoms with Gasteiger partial charge in [-0.2, -0.15) is 5.06 Å². The molecule has 0 spiro atoms. The zero-order valence-electron chi connectivity index (χ0n) is 11.1. The summed E-state index contributed by atoms with van der Waals surface area (Å²) in [6, 6.07) is 16.0. The standard InChI is InChI=1S/C16H12N2O3/c19-14-10-16(11-6-2-1-3-7-11)15(20)18(21)13-9-5-4-8-12(13)17(14)16/h1-9,21H,10H2. The third kappa shape index (κ3) is 1.33. The van der Waals surface area contributed by atoms with Gasteiger partial charge in [0.25, 0.3) is 5.91 Å². The van der Waals surface area contributed by atoms with Gasteiger partial charge in [0.15, 0.2) is 5.54 Å². The van der Waals surface area contributed by atoms with Gasteiger partial charge in [-0.25, -0.2) is 0 Å². The van der Waals surface area contributed by atoms with Crippen LogP contribution in [0.1, 0.15) is 12.0 Å². The number of hydrogen-bond acceptors (Lipinski definition) is 3. The Morgan fingerprint density at radius 2 is 1.52 bits per heavy atom. The number of β-lactam (4-membered cyclic amide) rings is 1. The maximum absolute atomic E-state index is 12.7. The average Bonchev–Trinajstić information content (AvgIpc) is 2.51. The summed E-state index contributed by atoms with van der Waals surface area (Å²) in [6.45, 7) is 0. The van der Waals surface area contributed by atoms with Gasteiger partial charge in [0, 0.05) is 0 Å². The Bertz CT molecular complexity index is 759. The molecule has 0 aromatic heterocycles. The number of para-hydroxylation sites is 2. The molecule has 1 saturated heterocycles. The van der Waals surface area contributed by atoms with Crippen molar-refractivity contribution in [3.05, 3.63) is 60.2 Å². The Morgan fingerprint density at radius 3 is 2.19 bits per heavy atom. The smallest absolute Gasteiger partial charge is 0.282 e. The van der Waals surface area contributed by atoms with E-state index in [-0.39, 0.29) is 12.3 Å². The molecule has 2 aromatic rings. The van der Waals surface area contributed by atoms with Crippen LogP contribution in [-0.4, -0.2) is 17.0 Å². The molecule has 104 valence electrons. The molecule has 0 aliphatic carbocycles. The number of fused-ring (bicyclic) bond motifs is 3. The van der Waals surface area contributed by atoms with Crippen molar-refractivity contribution in [1.29, 1.82) is 0 Å². The molecule has 5 heteroatoms. The first-order valence-electron chi connectivity index (χ1n) is 6.67. The predicted octanol–water partition coefficient (Wildman–Crippen LogP) is 2.05. The molecule has 0 radical (unpaired) electrons. The van der Waals surface area contributed by atoms with Crippen LogP contribution in [0.3, 0.4) is 0 Å². The summed E-state index contributed by atoms with van der Waals surface area (Å²) in [5, 5.41) is 10.9. The highest BCUT2D eigenvalue weighted by molar-refractivity contribution is 6.21. The zero-order chi connectivity index (χ0) is 14.6. The summed E-state index contributed by atoms with van der Waals surface area (Å²) >= 11 is 0. The van der Waals surface area contributed by atoms with Gasteiger partial charge >= 0.3 is 0 Å². The van der Waals surface area contributed by atoms with Crippen molar-refractivity contribution < 1.29 is 14.8 Å². The molecule has 5 nitrogen and oxygen atoms in total. The fraction of sp³-hybridized carbons (Fsp3) is 0.125. The lowest BCUT2D eigenvalue weighted by molar-refractivity contribution is -0.142. The number of nitrogens with zero attached hydrogens (tertiary/aromatic N) is 2. The molecule has 2 amide bonds. The summed E-state index contributed by atoms with van der Waals surface area (Å²) in [6.07, 6.45) is 0.0707. The van der Waals surface area contributed by atoms with E-state index < -0.39 is 11.4 Å². The number of carbonyl (C=O) groups excluding carboxylic acids is 2. The molecule has 0 bridgehead atoms. The topological polar surface area (TPSA) is 60.9 Å². The van der Waals surface area contributed by atoms with E-state index in [1.54, 1.807) is 36.4 Å². The maximum atomic E-state index is 12.7. The van der Waals surface area contributed by atoms with Crippen LogP contribution in [0.15, 0.2) is 54.6 Å². The van der Waals surface area contributed by atoms with Gasteiger partial charge in [-0.3, -0.25) is 19.7 Å². The number of anilines is 2. The highest BCUT2D eigenvalue weighted by Gasteiger charge is 2.63. The van der Waals surface area contributed by atoms with Gasteiger partial charge in [0.05, 0.1) is 17.8 Å². The summed E-state index contributed by atoms with van der Waals surface area (Å²) in [4.78, 5) is 26.3. The van der Waals surface area contributed by atoms with Gasteiger partial charge in [0.1, 0.15) is 0 Å². The number of amides is 2. The minimum Gasteiger partial charge on any atom is -0.290 e. The number of carbonyl (C=O) groups is 2. The lowest BCUT2D eigenvalue weighted by Gasteiger charge is -2.54. The van der Waals surface area contributed by atoms with E-state index in [0.29, 0.717) is 22.0 Å². The molecule has 2 aliphatic heterocycles. The van der Waals surface area contributed by atoms with E-state index in [1.807, 2.05) is 18.2 Å². The zero-order valence-corrected chi connectivity index (χ0v) is 11.1. The molecule has 4 rings (SSSR count). The molecule has 2 heterocycles. The van der Waals surface area contributed by atoms with Crippen molar-refractivity contribution in [3.8, 4) is 0 Å². The number of hydroxylamine groups is 1. The number of rotatable bonds is 1. The molecule has 1 N–H and O–H groups in total. The van der Waals surface area contributed by atoms with E-state index in [4.69, 9.17) is 0 Å². The lowest BCUT2D eigenvalue weighted by atomic mass is 9.74. The third-order valence-electron chi connectivity index (χ3n) is 4.19. The molecule has 21 heavy (non-hydrogen) atoms. The predicted molar refractivity (Wildman–Crippen MR) is 75.9 cm³/mol. The van der Waals surface area contributed by atoms with E-state index >= 15 is 0 Å². The van der Waals surface area contributed by atoms with E-state index in [2.05, 4.69) is 0 Å². The SMILES string of the molecule is O=C1CC2(c3ccccc3)C(=O)N(O)c3ccccc3N12.